The molecular formula is C30H20N2O4. The molecule has 6 nitrogen and oxygen atoms in total. The van der Waals surface area contributed by atoms with Crippen LogP contribution in [-0.2, 0) is 0 Å². The number of hydrogen-bond acceptors (Lipinski definition) is 6. The van der Waals surface area contributed by atoms with E-state index >= 15 is 0 Å². The van der Waals surface area contributed by atoms with Gasteiger partial charge in [0, 0.05) is 22.6 Å². The van der Waals surface area contributed by atoms with Gasteiger partial charge in [0.2, 0.25) is 11.6 Å². The first kappa shape index (κ1) is 21.5. The van der Waals surface area contributed by atoms with Crippen LogP contribution >= 0.6 is 0 Å². The average molecular weight is 473 g/mol. The van der Waals surface area contributed by atoms with Crippen molar-refractivity contribution in [3.8, 4) is 17.6 Å². The number of ether oxygens (including phenoxy) is 2. The molecule has 0 saturated carbocycles. The SMILES string of the molecule is Cc1c(C(=O)Oc2ccc3c(c2)OC(N)=C(C#N)C3c2cccc3ccccc23)oc2ccccc12. The number of hydrogen-bond donors (Lipinski definition) is 1. The van der Waals surface area contributed by atoms with Crippen LogP contribution in [0.15, 0.2) is 101 Å². The first-order valence-corrected chi connectivity index (χ1v) is 11.4. The Balaban J connectivity index is 1.40. The highest BCUT2D eigenvalue weighted by atomic mass is 16.5. The Morgan fingerprint density at radius 3 is 2.50 bits per heavy atom. The number of carbonyl (C=O) groups is 1. The summed E-state index contributed by atoms with van der Waals surface area (Å²) < 4.78 is 17.2. The van der Waals surface area contributed by atoms with Gasteiger partial charge in [-0.3, -0.25) is 0 Å². The second-order valence-electron chi connectivity index (χ2n) is 8.63. The number of para-hydroxylation sites is 1. The van der Waals surface area contributed by atoms with Crippen LogP contribution in [0.25, 0.3) is 21.7 Å². The first-order valence-electron chi connectivity index (χ1n) is 11.4. The summed E-state index contributed by atoms with van der Waals surface area (Å²) in [7, 11) is 0. The van der Waals surface area contributed by atoms with Crippen LogP contribution in [0.2, 0.25) is 0 Å². The Hall–Kier alpha value is -5.02. The summed E-state index contributed by atoms with van der Waals surface area (Å²) in [4.78, 5) is 12.9. The summed E-state index contributed by atoms with van der Waals surface area (Å²) in [5.41, 5.74) is 9.57. The molecular weight excluding hydrogens is 452 g/mol. The number of nitrogens with two attached hydrogens (primary N) is 1. The molecule has 2 heterocycles. The van der Waals surface area contributed by atoms with Gasteiger partial charge in [0.15, 0.2) is 0 Å². The van der Waals surface area contributed by atoms with E-state index in [0.29, 0.717) is 22.5 Å². The summed E-state index contributed by atoms with van der Waals surface area (Å²) in [6.07, 6.45) is 0. The molecule has 0 radical (unpaired) electrons. The number of furan rings is 1. The fourth-order valence-corrected chi connectivity index (χ4v) is 4.84. The minimum atomic E-state index is -0.605. The molecule has 5 aromatic rings. The number of aryl methyl sites for hydroxylation is 1. The molecule has 2 N–H and O–H groups in total. The molecule has 4 aromatic carbocycles. The molecule has 1 aliphatic rings. The third-order valence-electron chi connectivity index (χ3n) is 6.56. The topological polar surface area (TPSA) is 98.5 Å². The van der Waals surface area contributed by atoms with Gasteiger partial charge in [0.1, 0.15) is 28.7 Å². The normalized spacial score (nSPS) is 14.8. The van der Waals surface area contributed by atoms with E-state index in [9.17, 15) is 10.1 Å². The standard InChI is InChI=1S/C30H20N2O4/c1-17-20-9-4-5-12-25(20)35-28(17)30(33)34-19-13-14-23-26(15-19)36-29(32)24(16-31)27(23)22-11-6-8-18-7-2-3-10-21(18)22/h2-15,27H,32H2,1H3. The number of carbonyl (C=O) groups excluding carboxylic acids is 1. The van der Waals surface area contributed by atoms with E-state index in [1.165, 1.54) is 0 Å². The van der Waals surface area contributed by atoms with Crippen molar-refractivity contribution in [1.29, 1.82) is 5.26 Å². The number of benzene rings is 4. The van der Waals surface area contributed by atoms with Crippen LogP contribution in [0, 0.1) is 18.3 Å². The van der Waals surface area contributed by atoms with Gasteiger partial charge in [-0.1, -0.05) is 66.7 Å². The fourth-order valence-electron chi connectivity index (χ4n) is 4.84. The van der Waals surface area contributed by atoms with Crippen molar-refractivity contribution in [2.75, 3.05) is 0 Å². The molecule has 36 heavy (non-hydrogen) atoms. The van der Waals surface area contributed by atoms with Crippen LogP contribution in [0.1, 0.15) is 33.2 Å². The average Bonchev–Trinajstić information content (AvgIpc) is 3.24. The van der Waals surface area contributed by atoms with Gasteiger partial charge in [0.25, 0.3) is 0 Å². The smallest absolute Gasteiger partial charge is 0.379 e. The molecule has 0 amide bonds. The Bertz CT molecular complexity index is 1750. The molecule has 0 saturated heterocycles. The summed E-state index contributed by atoms with van der Waals surface area (Å²) in [5.74, 6) is -0.146. The number of rotatable bonds is 3. The lowest BCUT2D eigenvalue weighted by molar-refractivity contribution is 0.0702. The maximum atomic E-state index is 12.9. The number of esters is 1. The maximum Gasteiger partial charge on any atom is 0.379 e. The van der Waals surface area contributed by atoms with E-state index in [4.69, 9.17) is 19.6 Å². The Labute approximate surface area is 206 Å². The predicted molar refractivity (Wildman–Crippen MR) is 136 cm³/mol. The predicted octanol–water partition coefficient (Wildman–Crippen LogP) is 6.33. The number of allylic oxidation sites excluding steroid dienone is 1. The van der Waals surface area contributed by atoms with Crippen LogP contribution in [0.3, 0.4) is 0 Å². The molecule has 1 aromatic heterocycles. The number of fused-ring (bicyclic) bond motifs is 3. The third-order valence-corrected chi connectivity index (χ3v) is 6.56. The van der Waals surface area contributed by atoms with Crippen LogP contribution in [0.4, 0.5) is 0 Å². The maximum absolute atomic E-state index is 12.9. The highest BCUT2D eigenvalue weighted by Gasteiger charge is 2.32. The van der Waals surface area contributed by atoms with Crippen LogP contribution in [-0.4, -0.2) is 5.97 Å². The molecule has 1 atom stereocenters. The van der Waals surface area contributed by atoms with Crippen molar-refractivity contribution < 1.29 is 18.7 Å². The summed E-state index contributed by atoms with van der Waals surface area (Å²) in [6, 6.07) is 28.8. The molecule has 1 aliphatic heterocycles. The Kier molecular flexibility index (Phi) is 4.98. The molecule has 0 aliphatic carbocycles. The van der Waals surface area contributed by atoms with E-state index in [0.717, 1.165) is 27.3 Å². The van der Waals surface area contributed by atoms with Crippen molar-refractivity contribution in [2.24, 2.45) is 5.73 Å². The van der Waals surface area contributed by atoms with E-state index < -0.39 is 11.9 Å². The van der Waals surface area contributed by atoms with E-state index in [-0.39, 0.29) is 17.4 Å². The minimum Gasteiger partial charge on any atom is -0.449 e. The van der Waals surface area contributed by atoms with Gasteiger partial charge in [-0.05, 0) is 35.4 Å². The van der Waals surface area contributed by atoms with Crippen molar-refractivity contribution in [3.05, 3.63) is 119 Å². The molecule has 1 unspecified atom stereocenters. The van der Waals surface area contributed by atoms with Gasteiger partial charge in [0.05, 0.1) is 5.92 Å². The minimum absolute atomic E-state index is 0.0274. The molecule has 0 spiro atoms. The fraction of sp³-hybridized carbons (Fsp3) is 0.0667. The zero-order valence-corrected chi connectivity index (χ0v) is 19.3. The quantitative estimate of drug-likeness (QED) is 0.243. The zero-order valence-electron chi connectivity index (χ0n) is 19.3. The van der Waals surface area contributed by atoms with Gasteiger partial charge >= 0.3 is 5.97 Å². The van der Waals surface area contributed by atoms with Crippen molar-refractivity contribution in [1.82, 2.24) is 0 Å². The lowest BCUT2D eigenvalue weighted by Crippen LogP contribution is -2.21. The van der Waals surface area contributed by atoms with Crippen LogP contribution < -0.4 is 15.2 Å². The largest absolute Gasteiger partial charge is 0.449 e. The van der Waals surface area contributed by atoms with E-state index in [2.05, 4.69) is 6.07 Å². The molecule has 6 heteroatoms. The van der Waals surface area contributed by atoms with E-state index in [1.54, 1.807) is 24.3 Å². The van der Waals surface area contributed by atoms with Gasteiger partial charge in [-0.15, -0.1) is 0 Å². The monoisotopic (exact) mass is 472 g/mol. The third kappa shape index (κ3) is 3.38. The Morgan fingerprint density at radius 1 is 0.944 bits per heavy atom. The zero-order chi connectivity index (χ0) is 24.8. The second-order valence-corrected chi connectivity index (χ2v) is 8.63. The van der Waals surface area contributed by atoms with Crippen molar-refractivity contribution in [3.63, 3.8) is 0 Å². The highest BCUT2D eigenvalue weighted by Crippen LogP contribution is 2.45. The second kappa shape index (κ2) is 8.33. The van der Waals surface area contributed by atoms with E-state index in [1.807, 2.05) is 67.6 Å². The number of nitriles is 1. The molecule has 6 rings (SSSR count). The molecule has 0 bridgehead atoms. The number of nitrogens with zero attached hydrogens (tertiary/aromatic N) is 1. The molecule has 0 fully saturated rings. The highest BCUT2D eigenvalue weighted by molar-refractivity contribution is 5.97. The summed E-state index contributed by atoms with van der Waals surface area (Å²) >= 11 is 0. The first-order chi connectivity index (χ1) is 17.5. The van der Waals surface area contributed by atoms with Gasteiger partial charge in [-0.2, -0.15) is 5.26 Å². The summed E-state index contributed by atoms with van der Waals surface area (Å²) in [6.45, 7) is 1.82. The summed E-state index contributed by atoms with van der Waals surface area (Å²) in [5, 5.41) is 12.9. The Morgan fingerprint density at radius 2 is 1.69 bits per heavy atom. The van der Waals surface area contributed by atoms with Crippen molar-refractivity contribution >= 4 is 27.7 Å². The van der Waals surface area contributed by atoms with Gasteiger partial charge < -0.3 is 19.6 Å². The molecule has 174 valence electrons. The van der Waals surface area contributed by atoms with Crippen LogP contribution in [0.5, 0.6) is 11.5 Å². The van der Waals surface area contributed by atoms with Crippen molar-refractivity contribution in [2.45, 2.75) is 12.8 Å². The van der Waals surface area contributed by atoms with Gasteiger partial charge in [-0.25, -0.2) is 4.79 Å². The lowest BCUT2D eigenvalue weighted by atomic mass is 9.81. The lowest BCUT2D eigenvalue weighted by Gasteiger charge is -2.27.